The van der Waals surface area contributed by atoms with E-state index in [9.17, 15) is 4.79 Å². The van der Waals surface area contributed by atoms with Crippen LogP contribution in [0, 0.1) is 0 Å². The second kappa shape index (κ2) is 9.03. The third-order valence-corrected chi connectivity index (χ3v) is 3.33. The summed E-state index contributed by atoms with van der Waals surface area (Å²) in [6.07, 6.45) is 0. The summed E-state index contributed by atoms with van der Waals surface area (Å²) in [4.78, 5) is 12.0. The Morgan fingerprint density at radius 2 is 1.67 bits per heavy atom. The summed E-state index contributed by atoms with van der Waals surface area (Å²) >= 11 is 5.98. The van der Waals surface area contributed by atoms with E-state index in [1.807, 2.05) is 13.8 Å². The topological polar surface area (TPSA) is 56.8 Å². The highest BCUT2D eigenvalue weighted by molar-refractivity contribution is 6.32. The molecule has 0 fully saturated rings. The van der Waals surface area contributed by atoms with Gasteiger partial charge in [-0.1, -0.05) is 23.7 Å². The quantitative estimate of drug-likeness (QED) is 0.777. The van der Waals surface area contributed by atoms with Crippen LogP contribution in [-0.4, -0.2) is 25.7 Å². The van der Waals surface area contributed by atoms with Gasteiger partial charge in [0, 0.05) is 11.8 Å². The molecule has 2 aromatic rings. The first-order valence-electron chi connectivity index (χ1n) is 7.70. The Kier molecular flexibility index (Phi) is 6.75. The second-order valence-electron chi connectivity index (χ2n) is 4.79. The van der Waals surface area contributed by atoms with Crippen LogP contribution < -0.4 is 19.5 Å². The highest BCUT2D eigenvalue weighted by atomic mass is 35.5. The maximum atomic E-state index is 12.0. The Morgan fingerprint density at radius 3 is 2.38 bits per heavy atom. The molecule has 0 atom stereocenters. The fourth-order valence-electron chi connectivity index (χ4n) is 2.03. The van der Waals surface area contributed by atoms with Crippen LogP contribution in [0.2, 0.25) is 5.02 Å². The molecule has 0 unspecified atom stereocenters. The van der Waals surface area contributed by atoms with E-state index in [0.29, 0.717) is 41.2 Å². The van der Waals surface area contributed by atoms with Gasteiger partial charge in [0.25, 0.3) is 5.91 Å². The molecule has 0 spiro atoms. The molecular weight excluding hydrogens is 330 g/mol. The van der Waals surface area contributed by atoms with E-state index in [2.05, 4.69) is 5.32 Å². The number of ether oxygens (including phenoxy) is 3. The summed E-state index contributed by atoms with van der Waals surface area (Å²) in [6, 6.07) is 12.2. The Labute approximate surface area is 146 Å². The lowest BCUT2D eigenvalue weighted by atomic mass is 10.2. The van der Waals surface area contributed by atoms with Crippen LogP contribution in [0.25, 0.3) is 0 Å². The van der Waals surface area contributed by atoms with E-state index < -0.39 is 0 Å². The van der Waals surface area contributed by atoms with Crippen molar-refractivity contribution < 1.29 is 19.0 Å². The number of hydrogen-bond donors (Lipinski definition) is 1. The van der Waals surface area contributed by atoms with Crippen LogP contribution in [0.3, 0.4) is 0 Å². The van der Waals surface area contributed by atoms with Crippen molar-refractivity contribution in [3.05, 3.63) is 47.5 Å². The molecule has 0 aromatic heterocycles. The molecule has 0 saturated carbocycles. The Bertz CT molecular complexity index is 690. The van der Waals surface area contributed by atoms with Gasteiger partial charge in [0.1, 0.15) is 5.75 Å². The van der Waals surface area contributed by atoms with Gasteiger partial charge in [-0.05, 0) is 38.1 Å². The molecule has 1 amide bonds. The van der Waals surface area contributed by atoms with Gasteiger partial charge in [0.2, 0.25) is 0 Å². The lowest BCUT2D eigenvalue weighted by Crippen LogP contribution is -2.20. The zero-order valence-electron chi connectivity index (χ0n) is 13.7. The van der Waals surface area contributed by atoms with Crippen molar-refractivity contribution in [1.29, 1.82) is 0 Å². The third kappa shape index (κ3) is 5.06. The fraction of sp³-hybridized carbons (Fsp3) is 0.278. The molecule has 1 N–H and O–H groups in total. The zero-order chi connectivity index (χ0) is 17.4. The number of rotatable bonds is 8. The zero-order valence-corrected chi connectivity index (χ0v) is 14.4. The van der Waals surface area contributed by atoms with Crippen LogP contribution in [0.15, 0.2) is 42.5 Å². The Hall–Kier alpha value is -2.40. The average Bonchev–Trinajstić information content (AvgIpc) is 2.57. The number of amides is 1. The number of hydrogen-bond acceptors (Lipinski definition) is 4. The minimum absolute atomic E-state index is 0.138. The first-order chi connectivity index (χ1) is 11.6. The van der Waals surface area contributed by atoms with Crippen LogP contribution >= 0.6 is 11.6 Å². The van der Waals surface area contributed by atoms with E-state index in [1.54, 1.807) is 42.5 Å². The van der Waals surface area contributed by atoms with Crippen molar-refractivity contribution in [3.8, 4) is 17.2 Å². The van der Waals surface area contributed by atoms with E-state index in [0.717, 1.165) is 0 Å². The van der Waals surface area contributed by atoms with Crippen LogP contribution in [0.4, 0.5) is 5.69 Å². The van der Waals surface area contributed by atoms with Gasteiger partial charge in [-0.3, -0.25) is 4.79 Å². The molecule has 0 aliphatic rings. The third-order valence-electron chi connectivity index (χ3n) is 3.02. The Balaban J connectivity index is 1.98. The molecular formula is C18H20ClNO4. The lowest BCUT2D eigenvalue weighted by molar-refractivity contribution is -0.118. The van der Waals surface area contributed by atoms with Gasteiger partial charge in [-0.25, -0.2) is 0 Å². The molecule has 128 valence electrons. The lowest BCUT2D eigenvalue weighted by Gasteiger charge is -2.13. The minimum atomic E-state index is -0.290. The van der Waals surface area contributed by atoms with Gasteiger partial charge in [0.15, 0.2) is 18.1 Å². The van der Waals surface area contributed by atoms with Gasteiger partial charge >= 0.3 is 0 Å². The number of carbonyl (C=O) groups is 1. The Morgan fingerprint density at radius 1 is 0.958 bits per heavy atom. The molecule has 0 aliphatic carbocycles. The van der Waals surface area contributed by atoms with E-state index in [1.165, 1.54) is 0 Å². The maximum Gasteiger partial charge on any atom is 0.262 e. The highest BCUT2D eigenvalue weighted by Crippen LogP contribution is 2.30. The van der Waals surface area contributed by atoms with Gasteiger partial charge in [0.05, 0.1) is 18.2 Å². The van der Waals surface area contributed by atoms with Crippen LogP contribution in [0.1, 0.15) is 13.8 Å². The summed E-state index contributed by atoms with van der Waals surface area (Å²) in [6.45, 7) is 4.70. The number of benzene rings is 2. The summed E-state index contributed by atoms with van der Waals surface area (Å²) in [5.74, 6) is 1.41. The summed E-state index contributed by atoms with van der Waals surface area (Å²) < 4.78 is 16.4. The molecule has 5 nitrogen and oxygen atoms in total. The standard InChI is InChI=1S/C18H20ClNO4/c1-3-22-16-10-9-13(11-17(16)23-4-2)20-18(21)12-24-15-8-6-5-7-14(15)19/h5-11H,3-4,12H2,1-2H3,(H,20,21). The van der Waals surface area contributed by atoms with Gasteiger partial charge < -0.3 is 19.5 Å². The van der Waals surface area contributed by atoms with E-state index >= 15 is 0 Å². The second-order valence-corrected chi connectivity index (χ2v) is 5.20. The van der Waals surface area contributed by atoms with Crippen molar-refractivity contribution in [3.63, 3.8) is 0 Å². The van der Waals surface area contributed by atoms with E-state index in [4.69, 9.17) is 25.8 Å². The van der Waals surface area contributed by atoms with Crippen molar-refractivity contribution in [2.45, 2.75) is 13.8 Å². The predicted octanol–water partition coefficient (Wildman–Crippen LogP) is 4.15. The monoisotopic (exact) mass is 349 g/mol. The van der Waals surface area contributed by atoms with E-state index in [-0.39, 0.29) is 12.5 Å². The number of para-hydroxylation sites is 1. The largest absolute Gasteiger partial charge is 0.490 e. The average molecular weight is 350 g/mol. The fourth-order valence-corrected chi connectivity index (χ4v) is 2.22. The normalized spacial score (nSPS) is 10.1. The number of anilines is 1. The van der Waals surface area contributed by atoms with Gasteiger partial charge in [-0.2, -0.15) is 0 Å². The summed E-state index contributed by atoms with van der Waals surface area (Å²) in [7, 11) is 0. The SMILES string of the molecule is CCOc1ccc(NC(=O)COc2ccccc2Cl)cc1OCC. The van der Waals surface area contributed by atoms with Crippen molar-refractivity contribution in [2.75, 3.05) is 25.1 Å². The number of halogens is 1. The molecule has 6 heteroatoms. The molecule has 0 heterocycles. The molecule has 2 rings (SSSR count). The highest BCUT2D eigenvalue weighted by Gasteiger charge is 2.10. The molecule has 0 radical (unpaired) electrons. The van der Waals surface area contributed by atoms with Crippen molar-refractivity contribution >= 4 is 23.2 Å². The molecule has 0 saturated heterocycles. The maximum absolute atomic E-state index is 12.0. The van der Waals surface area contributed by atoms with Crippen LogP contribution in [-0.2, 0) is 4.79 Å². The summed E-state index contributed by atoms with van der Waals surface area (Å²) in [5.41, 5.74) is 0.606. The van der Waals surface area contributed by atoms with Crippen molar-refractivity contribution in [2.24, 2.45) is 0 Å². The number of carbonyl (C=O) groups excluding carboxylic acids is 1. The molecule has 0 bridgehead atoms. The molecule has 24 heavy (non-hydrogen) atoms. The molecule has 0 aliphatic heterocycles. The van der Waals surface area contributed by atoms with Gasteiger partial charge in [-0.15, -0.1) is 0 Å². The van der Waals surface area contributed by atoms with Crippen molar-refractivity contribution in [1.82, 2.24) is 0 Å². The summed E-state index contributed by atoms with van der Waals surface area (Å²) in [5, 5.41) is 3.22. The number of nitrogens with one attached hydrogen (secondary N) is 1. The van der Waals surface area contributed by atoms with Crippen LogP contribution in [0.5, 0.6) is 17.2 Å². The smallest absolute Gasteiger partial charge is 0.262 e. The molecule has 2 aromatic carbocycles. The first-order valence-corrected chi connectivity index (χ1v) is 8.08. The first kappa shape index (κ1) is 17.9. The predicted molar refractivity (Wildman–Crippen MR) is 94.4 cm³/mol. The minimum Gasteiger partial charge on any atom is -0.490 e.